The number of rotatable bonds is 8. The predicted octanol–water partition coefficient (Wildman–Crippen LogP) is 4.13. The summed E-state index contributed by atoms with van der Waals surface area (Å²) >= 11 is 0. The van der Waals surface area contributed by atoms with Gasteiger partial charge in [-0.25, -0.2) is 0 Å². The SMILES string of the molecule is CCN(CC)Cc1ccccc1NC(C)CC1CC1. The number of nitrogens with zero attached hydrogens (tertiary/aromatic N) is 1. The van der Waals surface area contributed by atoms with Crippen molar-refractivity contribution in [3.8, 4) is 0 Å². The minimum absolute atomic E-state index is 0.588. The summed E-state index contributed by atoms with van der Waals surface area (Å²) in [4.78, 5) is 2.46. The number of hydrogen-bond donors (Lipinski definition) is 1. The fourth-order valence-corrected chi connectivity index (χ4v) is 2.67. The van der Waals surface area contributed by atoms with Crippen molar-refractivity contribution in [3.63, 3.8) is 0 Å². The van der Waals surface area contributed by atoms with Crippen LogP contribution < -0.4 is 5.32 Å². The van der Waals surface area contributed by atoms with Crippen molar-refractivity contribution in [2.75, 3.05) is 18.4 Å². The minimum Gasteiger partial charge on any atom is -0.382 e. The van der Waals surface area contributed by atoms with Crippen LogP contribution in [0.2, 0.25) is 0 Å². The van der Waals surface area contributed by atoms with Crippen LogP contribution in [0.4, 0.5) is 5.69 Å². The highest BCUT2D eigenvalue weighted by Gasteiger charge is 2.23. The van der Waals surface area contributed by atoms with Gasteiger partial charge < -0.3 is 5.32 Å². The molecule has 0 aromatic heterocycles. The van der Waals surface area contributed by atoms with E-state index in [0.717, 1.165) is 25.6 Å². The summed E-state index contributed by atoms with van der Waals surface area (Å²) in [5.41, 5.74) is 2.75. The van der Waals surface area contributed by atoms with Crippen molar-refractivity contribution >= 4 is 5.69 Å². The number of anilines is 1. The third-order valence-electron chi connectivity index (χ3n) is 4.09. The monoisotopic (exact) mass is 260 g/mol. The van der Waals surface area contributed by atoms with Crippen LogP contribution in [0.3, 0.4) is 0 Å². The average molecular weight is 260 g/mol. The van der Waals surface area contributed by atoms with E-state index in [1.54, 1.807) is 0 Å². The Hall–Kier alpha value is -1.02. The summed E-state index contributed by atoms with van der Waals surface area (Å²) in [6.45, 7) is 10.0. The van der Waals surface area contributed by atoms with Gasteiger partial charge in [0, 0.05) is 18.3 Å². The van der Waals surface area contributed by atoms with E-state index >= 15 is 0 Å². The second kappa shape index (κ2) is 6.95. The van der Waals surface area contributed by atoms with E-state index in [1.165, 1.54) is 30.5 Å². The molecule has 1 aliphatic rings. The fourth-order valence-electron chi connectivity index (χ4n) is 2.67. The normalized spacial score (nSPS) is 16.6. The minimum atomic E-state index is 0.588. The van der Waals surface area contributed by atoms with Crippen LogP contribution in [0, 0.1) is 5.92 Å². The van der Waals surface area contributed by atoms with E-state index in [2.05, 4.69) is 55.3 Å². The molecular formula is C17H28N2. The lowest BCUT2D eigenvalue weighted by Crippen LogP contribution is -2.24. The van der Waals surface area contributed by atoms with Gasteiger partial charge in [-0.05, 0) is 44.0 Å². The molecule has 1 atom stereocenters. The predicted molar refractivity (Wildman–Crippen MR) is 83.5 cm³/mol. The third kappa shape index (κ3) is 4.54. The van der Waals surface area contributed by atoms with E-state index in [1.807, 2.05) is 0 Å². The van der Waals surface area contributed by atoms with Crippen molar-refractivity contribution in [1.82, 2.24) is 4.90 Å². The molecule has 2 rings (SSSR count). The van der Waals surface area contributed by atoms with Crippen molar-refractivity contribution in [2.24, 2.45) is 5.92 Å². The maximum absolute atomic E-state index is 3.71. The number of nitrogens with one attached hydrogen (secondary N) is 1. The van der Waals surface area contributed by atoms with Gasteiger partial charge in [0.05, 0.1) is 0 Å². The van der Waals surface area contributed by atoms with Crippen LogP contribution >= 0.6 is 0 Å². The van der Waals surface area contributed by atoms with Crippen molar-refractivity contribution in [3.05, 3.63) is 29.8 Å². The van der Waals surface area contributed by atoms with Crippen LogP contribution in [0.15, 0.2) is 24.3 Å². The first-order valence-corrected chi connectivity index (χ1v) is 7.79. The standard InChI is InChI=1S/C17H28N2/c1-4-19(5-2)13-16-8-6-7-9-17(16)18-14(3)12-15-10-11-15/h6-9,14-15,18H,4-5,10-13H2,1-3H3. The number of para-hydroxylation sites is 1. The largest absolute Gasteiger partial charge is 0.382 e. The quantitative estimate of drug-likeness (QED) is 0.756. The Kier molecular flexibility index (Phi) is 5.26. The van der Waals surface area contributed by atoms with E-state index in [-0.39, 0.29) is 0 Å². The topological polar surface area (TPSA) is 15.3 Å². The second-order valence-electron chi connectivity index (χ2n) is 5.84. The zero-order valence-electron chi connectivity index (χ0n) is 12.7. The molecule has 1 N–H and O–H groups in total. The van der Waals surface area contributed by atoms with Gasteiger partial charge in [-0.2, -0.15) is 0 Å². The van der Waals surface area contributed by atoms with Crippen LogP contribution in [-0.2, 0) is 6.54 Å². The van der Waals surface area contributed by atoms with Gasteiger partial charge >= 0.3 is 0 Å². The maximum Gasteiger partial charge on any atom is 0.0387 e. The van der Waals surface area contributed by atoms with E-state index < -0.39 is 0 Å². The molecular weight excluding hydrogens is 232 g/mol. The third-order valence-corrected chi connectivity index (χ3v) is 4.09. The highest BCUT2D eigenvalue weighted by atomic mass is 15.1. The molecule has 0 radical (unpaired) electrons. The van der Waals surface area contributed by atoms with Crippen molar-refractivity contribution < 1.29 is 0 Å². The highest BCUT2D eigenvalue weighted by molar-refractivity contribution is 5.51. The van der Waals surface area contributed by atoms with Gasteiger partial charge in [0.25, 0.3) is 0 Å². The molecule has 1 unspecified atom stereocenters. The van der Waals surface area contributed by atoms with Gasteiger partial charge in [-0.15, -0.1) is 0 Å². The van der Waals surface area contributed by atoms with Gasteiger partial charge in [-0.3, -0.25) is 4.90 Å². The summed E-state index contributed by atoms with van der Waals surface area (Å²) in [5.74, 6) is 0.984. The van der Waals surface area contributed by atoms with Crippen LogP contribution in [0.1, 0.15) is 45.6 Å². The highest BCUT2D eigenvalue weighted by Crippen LogP contribution is 2.34. The first-order chi connectivity index (χ1) is 9.22. The smallest absolute Gasteiger partial charge is 0.0387 e. The molecule has 2 nitrogen and oxygen atoms in total. The molecule has 1 fully saturated rings. The van der Waals surface area contributed by atoms with Gasteiger partial charge in [-0.1, -0.05) is 44.9 Å². The van der Waals surface area contributed by atoms with E-state index in [0.29, 0.717) is 6.04 Å². The second-order valence-corrected chi connectivity index (χ2v) is 5.84. The van der Waals surface area contributed by atoms with Gasteiger partial charge in [0.1, 0.15) is 0 Å². The molecule has 0 amide bonds. The molecule has 0 saturated heterocycles. The lowest BCUT2D eigenvalue weighted by atomic mass is 10.1. The number of benzene rings is 1. The van der Waals surface area contributed by atoms with Crippen LogP contribution in [0.5, 0.6) is 0 Å². The van der Waals surface area contributed by atoms with Gasteiger partial charge in [0.15, 0.2) is 0 Å². The van der Waals surface area contributed by atoms with Crippen molar-refractivity contribution in [1.29, 1.82) is 0 Å². The van der Waals surface area contributed by atoms with Gasteiger partial charge in [0.2, 0.25) is 0 Å². The van der Waals surface area contributed by atoms with Crippen LogP contribution in [-0.4, -0.2) is 24.0 Å². The Morgan fingerprint density at radius 1 is 1.21 bits per heavy atom. The summed E-state index contributed by atoms with van der Waals surface area (Å²) < 4.78 is 0. The molecule has 1 aromatic rings. The Bertz CT molecular complexity index is 381. The maximum atomic E-state index is 3.71. The lowest BCUT2D eigenvalue weighted by molar-refractivity contribution is 0.296. The molecule has 0 bridgehead atoms. The first kappa shape index (κ1) is 14.4. The lowest BCUT2D eigenvalue weighted by Gasteiger charge is -2.22. The Balaban J connectivity index is 1.97. The first-order valence-electron chi connectivity index (χ1n) is 7.79. The van der Waals surface area contributed by atoms with Crippen molar-refractivity contribution in [2.45, 2.75) is 52.6 Å². The summed E-state index contributed by atoms with van der Waals surface area (Å²) in [5, 5.41) is 3.71. The summed E-state index contributed by atoms with van der Waals surface area (Å²) in [7, 11) is 0. The summed E-state index contributed by atoms with van der Waals surface area (Å²) in [6.07, 6.45) is 4.19. The Morgan fingerprint density at radius 2 is 1.89 bits per heavy atom. The molecule has 106 valence electrons. The zero-order valence-corrected chi connectivity index (χ0v) is 12.7. The fraction of sp³-hybridized carbons (Fsp3) is 0.647. The van der Waals surface area contributed by atoms with E-state index in [9.17, 15) is 0 Å². The number of hydrogen-bond acceptors (Lipinski definition) is 2. The molecule has 19 heavy (non-hydrogen) atoms. The molecule has 1 aliphatic carbocycles. The summed E-state index contributed by atoms with van der Waals surface area (Å²) in [6, 6.07) is 9.35. The molecule has 0 aliphatic heterocycles. The average Bonchev–Trinajstić information content (AvgIpc) is 3.21. The molecule has 1 aromatic carbocycles. The molecule has 1 saturated carbocycles. The Morgan fingerprint density at radius 3 is 2.53 bits per heavy atom. The zero-order chi connectivity index (χ0) is 13.7. The van der Waals surface area contributed by atoms with Crippen LogP contribution in [0.25, 0.3) is 0 Å². The Labute approximate surface area is 118 Å². The molecule has 2 heteroatoms. The molecule has 0 heterocycles. The molecule has 0 spiro atoms. The van der Waals surface area contributed by atoms with E-state index in [4.69, 9.17) is 0 Å².